The Balaban J connectivity index is 1.44. The number of nitrogens with one attached hydrogen (secondary N) is 2. The number of aromatic amines is 1. The molecule has 0 spiro atoms. The molecule has 0 radical (unpaired) electrons. The molecule has 1 amide bonds. The zero-order valence-electron chi connectivity index (χ0n) is 15.6. The minimum Gasteiger partial charge on any atom is -0.366 e. The number of hydrogen-bond acceptors (Lipinski definition) is 5. The van der Waals surface area contributed by atoms with Gasteiger partial charge in [-0.15, -0.1) is 0 Å². The molecule has 4 rings (SSSR count). The number of imidazole rings is 1. The molecule has 7 heteroatoms. The van der Waals surface area contributed by atoms with Crippen molar-refractivity contribution in [2.45, 2.75) is 62.2 Å². The minimum atomic E-state index is -0.421. The van der Waals surface area contributed by atoms with E-state index in [0.29, 0.717) is 11.1 Å². The molecule has 5 nitrogen and oxygen atoms in total. The SMILES string of the molecule is NC(=O)c1cccc2[nH]c([C@]3(CCCCCC4CCSS4)CCCN3)nc12. The number of nitrogens with two attached hydrogens (primary N) is 1. The Kier molecular flexibility index (Phi) is 5.99. The molecule has 2 atom stereocenters. The molecule has 2 fully saturated rings. The molecule has 3 heterocycles. The topological polar surface area (TPSA) is 83.8 Å². The lowest BCUT2D eigenvalue weighted by atomic mass is 9.89. The van der Waals surface area contributed by atoms with Crippen LogP contribution < -0.4 is 11.1 Å². The normalized spacial score (nSPS) is 25.4. The van der Waals surface area contributed by atoms with Crippen molar-refractivity contribution in [3.05, 3.63) is 29.6 Å². The lowest BCUT2D eigenvalue weighted by molar-refractivity contribution is 0.100. The van der Waals surface area contributed by atoms with Crippen molar-refractivity contribution in [3.8, 4) is 0 Å². The molecule has 0 saturated carbocycles. The summed E-state index contributed by atoms with van der Waals surface area (Å²) >= 11 is 0. The van der Waals surface area contributed by atoms with Crippen molar-refractivity contribution in [2.24, 2.45) is 5.73 Å². The standard InChI is InChI=1S/C20H28N4OS2/c21-18(25)15-7-4-8-16-17(15)24-19(23-16)20(11-5-12-22-20)10-3-1-2-6-14-9-13-26-27-14/h4,7-8,14,22H,1-3,5-6,9-13H2,(H2,21,25)(H,23,24)/t14?,20-/m0/s1. The first-order valence-electron chi connectivity index (χ1n) is 10.0. The summed E-state index contributed by atoms with van der Waals surface area (Å²) < 4.78 is 0. The molecule has 27 heavy (non-hydrogen) atoms. The van der Waals surface area contributed by atoms with Crippen molar-refractivity contribution in [2.75, 3.05) is 12.3 Å². The summed E-state index contributed by atoms with van der Waals surface area (Å²) in [4.78, 5) is 20.0. The summed E-state index contributed by atoms with van der Waals surface area (Å²) in [6.45, 7) is 1.02. The molecule has 2 saturated heterocycles. The molecule has 1 aromatic heterocycles. The van der Waals surface area contributed by atoms with Gasteiger partial charge in [-0.2, -0.15) is 0 Å². The van der Waals surface area contributed by atoms with Crippen molar-refractivity contribution in [3.63, 3.8) is 0 Å². The van der Waals surface area contributed by atoms with Crippen LogP contribution in [0, 0.1) is 0 Å². The molecule has 1 aromatic carbocycles. The predicted octanol–water partition coefficient (Wildman–Crippen LogP) is 4.34. The Morgan fingerprint density at radius 3 is 3.00 bits per heavy atom. The summed E-state index contributed by atoms with van der Waals surface area (Å²) in [6, 6.07) is 5.58. The summed E-state index contributed by atoms with van der Waals surface area (Å²) in [5.41, 5.74) is 7.52. The van der Waals surface area contributed by atoms with Gasteiger partial charge in [0.05, 0.1) is 16.6 Å². The van der Waals surface area contributed by atoms with Crippen LogP contribution in [0.1, 0.15) is 67.5 Å². The van der Waals surface area contributed by atoms with Crippen molar-refractivity contribution in [1.82, 2.24) is 15.3 Å². The van der Waals surface area contributed by atoms with Crippen molar-refractivity contribution in [1.29, 1.82) is 0 Å². The lowest BCUT2D eigenvalue weighted by Gasteiger charge is -2.27. The fourth-order valence-electron chi connectivity index (χ4n) is 4.34. The van der Waals surface area contributed by atoms with E-state index in [1.807, 2.05) is 22.9 Å². The van der Waals surface area contributed by atoms with E-state index in [1.165, 1.54) is 37.9 Å². The first-order valence-corrected chi connectivity index (χ1v) is 12.4. The smallest absolute Gasteiger partial charge is 0.250 e. The molecule has 146 valence electrons. The maximum atomic E-state index is 11.7. The second kappa shape index (κ2) is 8.45. The summed E-state index contributed by atoms with van der Waals surface area (Å²) in [6.07, 6.45) is 9.87. The number of unbranched alkanes of at least 4 members (excludes halogenated alkanes) is 2. The average Bonchev–Trinajstić information content (AvgIpc) is 3.41. The maximum absolute atomic E-state index is 11.7. The number of amides is 1. The van der Waals surface area contributed by atoms with Crippen LogP contribution in [0.2, 0.25) is 0 Å². The quantitative estimate of drug-likeness (QED) is 0.450. The van der Waals surface area contributed by atoms with E-state index in [-0.39, 0.29) is 5.54 Å². The van der Waals surface area contributed by atoms with Crippen LogP contribution in [0.3, 0.4) is 0 Å². The Morgan fingerprint density at radius 1 is 1.33 bits per heavy atom. The highest BCUT2D eigenvalue weighted by Gasteiger charge is 2.37. The molecule has 4 N–H and O–H groups in total. The number of carbonyl (C=O) groups is 1. The lowest BCUT2D eigenvalue weighted by Crippen LogP contribution is -2.37. The molecule has 2 aromatic rings. The van der Waals surface area contributed by atoms with Crippen LogP contribution in [0.4, 0.5) is 0 Å². The second-order valence-electron chi connectivity index (χ2n) is 7.69. The highest BCUT2D eigenvalue weighted by molar-refractivity contribution is 8.77. The van der Waals surface area contributed by atoms with Gasteiger partial charge in [-0.1, -0.05) is 46.9 Å². The molecule has 0 bridgehead atoms. The average molecular weight is 405 g/mol. The van der Waals surface area contributed by atoms with E-state index in [9.17, 15) is 4.79 Å². The van der Waals surface area contributed by atoms with E-state index in [0.717, 1.165) is 42.4 Å². The molecular weight excluding hydrogens is 376 g/mol. The van der Waals surface area contributed by atoms with E-state index in [4.69, 9.17) is 10.7 Å². The van der Waals surface area contributed by atoms with Crippen LogP contribution in [0.5, 0.6) is 0 Å². The number of aromatic nitrogens is 2. The summed E-state index contributed by atoms with van der Waals surface area (Å²) in [5.74, 6) is 1.86. The number of para-hydroxylation sites is 1. The molecule has 2 aliphatic rings. The molecular formula is C20H28N4OS2. The van der Waals surface area contributed by atoms with E-state index >= 15 is 0 Å². The zero-order valence-corrected chi connectivity index (χ0v) is 17.3. The predicted molar refractivity (Wildman–Crippen MR) is 115 cm³/mol. The Labute approximate surface area is 168 Å². The number of nitrogens with zero attached hydrogens (tertiary/aromatic N) is 1. The molecule has 2 aliphatic heterocycles. The monoisotopic (exact) mass is 404 g/mol. The summed E-state index contributed by atoms with van der Waals surface area (Å²) in [5, 5.41) is 4.58. The Hall–Kier alpha value is -1.18. The number of rotatable bonds is 8. The van der Waals surface area contributed by atoms with Crippen molar-refractivity contribution >= 4 is 38.5 Å². The number of H-pyrrole nitrogens is 1. The third kappa shape index (κ3) is 4.15. The fraction of sp³-hybridized carbons (Fsp3) is 0.600. The number of carbonyl (C=O) groups excluding carboxylic acids is 1. The highest BCUT2D eigenvalue weighted by atomic mass is 33.1. The number of fused-ring (bicyclic) bond motifs is 1. The van der Waals surface area contributed by atoms with Gasteiger partial charge < -0.3 is 16.0 Å². The van der Waals surface area contributed by atoms with Gasteiger partial charge in [-0.25, -0.2) is 4.98 Å². The largest absolute Gasteiger partial charge is 0.366 e. The van der Waals surface area contributed by atoms with Gasteiger partial charge >= 0.3 is 0 Å². The number of benzene rings is 1. The van der Waals surface area contributed by atoms with Gasteiger partial charge in [0.1, 0.15) is 11.3 Å². The third-order valence-corrected chi connectivity index (χ3v) is 8.84. The number of primary amides is 1. The van der Waals surface area contributed by atoms with Crippen LogP contribution in [-0.4, -0.2) is 33.4 Å². The molecule has 1 unspecified atom stereocenters. The molecule has 0 aliphatic carbocycles. The maximum Gasteiger partial charge on any atom is 0.250 e. The Morgan fingerprint density at radius 2 is 2.26 bits per heavy atom. The van der Waals surface area contributed by atoms with Gasteiger partial charge in [0.15, 0.2) is 0 Å². The third-order valence-electron chi connectivity index (χ3n) is 5.83. The first kappa shape index (κ1) is 19.2. The van der Waals surface area contributed by atoms with E-state index in [1.54, 1.807) is 6.07 Å². The summed E-state index contributed by atoms with van der Waals surface area (Å²) in [7, 11) is 4.11. The van der Waals surface area contributed by atoms with Gasteiger partial charge in [-0.05, 0) is 50.8 Å². The van der Waals surface area contributed by atoms with Gasteiger partial charge in [0.25, 0.3) is 5.91 Å². The van der Waals surface area contributed by atoms with Crippen LogP contribution in [0.25, 0.3) is 11.0 Å². The van der Waals surface area contributed by atoms with Gasteiger partial charge in [0, 0.05) is 11.0 Å². The van der Waals surface area contributed by atoms with Crippen molar-refractivity contribution < 1.29 is 4.79 Å². The van der Waals surface area contributed by atoms with Gasteiger partial charge in [-0.3, -0.25) is 4.79 Å². The van der Waals surface area contributed by atoms with E-state index < -0.39 is 5.91 Å². The van der Waals surface area contributed by atoms with E-state index in [2.05, 4.69) is 21.1 Å². The van der Waals surface area contributed by atoms with Crippen LogP contribution in [-0.2, 0) is 5.54 Å². The minimum absolute atomic E-state index is 0.0914. The highest BCUT2D eigenvalue weighted by Crippen LogP contribution is 2.40. The van der Waals surface area contributed by atoms with Crippen LogP contribution >= 0.6 is 21.6 Å². The first-order chi connectivity index (χ1) is 13.2. The Bertz CT molecular complexity index is 794. The fourth-order valence-corrected chi connectivity index (χ4v) is 7.37. The van der Waals surface area contributed by atoms with Crippen LogP contribution in [0.15, 0.2) is 18.2 Å². The second-order valence-corrected chi connectivity index (χ2v) is 10.5. The van der Waals surface area contributed by atoms with Gasteiger partial charge in [0.2, 0.25) is 0 Å². The number of hydrogen-bond donors (Lipinski definition) is 3. The zero-order chi connectivity index (χ0) is 18.7.